The summed E-state index contributed by atoms with van der Waals surface area (Å²) in [5.41, 5.74) is 1.27. The van der Waals surface area contributed by atoms with Gasteiger partial charge in [-0.15, -0.1) is 0 Å². The SMILES string of the molecule is CS(=O)(=O)N1CCn2c(-c3ccccc3)cnc2C12CCN(C(=O)c1ccco1)CC2.O=C(O)C(F)(F)F. The van der Waals surface area contributed by atoms with E-state index in [9.17, 15) is 26.4 Å². The standard InChI is InChI=1S/C22H24N4O4S.C2HF3O2/c1-31(28,29)26-14-13-25-18(17-6-3-2-4-7-17)16-23-21(25)22(26)9-11-24(12-10-22)20(27)19-8-5-15-30-19;3-2(4,5)1(6)7/h2-8,15-16H,9-14H2,1H3;(H,6,7). The van der Waals surface area contributed by atoms with Gasteiger partial charge in [0.15, 0.2) is 5.76 Å². The van der Waals surface area contributed by atoms with Crippen LogP contribution < -0.4 is 0 Å². The smallest absolute Gasteiger partial charge is 0.475 e. The highest BCUT2D eigenvalue weighted by Gasteiger charge is 2.51. The first kappa shape index (κ1) is 27.4. The van der Waals surface area contributed by atoms with Gasteiger partial charge in [-0.05, 0) is 30.5 Å². The lowest BCUT2D eigenvalue weighted by Crippen LogP contribution is -2.59. The number of hydrogen-bond acceptors (Lipinski definition) is 6. The molecule has 0 saturated carbocycles. The normalized spacial score (nSPS) is 17.4. The fourth-order valence-corrected chi connectivity index (χ4v) is 6.23. The Morgan fingerprint density at radius 2 is 1.66 bits per heavy atom. The van der Waals surface area contributed by atoms with Gasteiger partial charge in [0.2, 0.25) is 10.0 Å². The maximum absolute atomic E-state index is 12.7. The van der Waals surface area contributed by atoms with Crippen LogP contribution in [0, 0.1) is 0 Å². The molecule has 2 aliphatic rings. The number of benzene rings is 1. The van der Waals surface area contributed by atoms with Crippen LogP contribution in [0.25, 0.3) is 11.3 Å². The summed E-state index contributed by atoms with van der Waals surface area (Å²) in [5, 5.41) is 7.12. The first-order valence-corrected chi connectivity index (χ1v) is 13.4. The van der Waals surface area contributed by atoms with E-state index in [1.54, 1.807) is 21.3 Å². The van der Waals surface area contributed by atoms with Crippen LogP contribution in [0.5, 0.6) is 0 Å². The molecule has 10 nitrogen and oxygen atoms in total. The summed E-state index contributed by atoms with van der Waals surface area (Å²) >= 11 is 0. The predicted octanol–water partition coefficient (Wildman–Crippen LogP) is 3.18. The van der Waals surface area contributed by atoms with Crippen molar-refractivity contribution in [2.24, 2.45) is 0 Å². The average molecular weight is 555 g/mol. The molecule has 1 saturated heterocycles. The van der Waals surface area contributed by atoms with Crippen LogP contribution in [-0.2, 0) is 26.9 Å². The summed E-state index contributed by atoms with van der Waals surface area (Å²) in [7, 11) is -3.45. The van der Waals surface area contributed by atoms with Crippen molar-refractivity contribution in [2.45, 2.75) is 31.1 Å². The van der Waals surface area contributed by atoms with E-state index in [0.717, 1.165) is 17.1 Å². The third-order valence-electron chi connectivity index (χ3n) is 6.60. The summed E-state index contributed by atoms with van der Waals surface area (Å²) < 4.78 is 66.2. The summed E-state index contributed by atoms with van der Waals surface area (Å²) in [6.07, 6.45) is 0.451. The molecule has 0 atom stereocenters. The first-order valence-electron chi connectivity index (χ1n) is 11.6. The summed E-state index contributed by atoms with van der Waals surface area (Å²) in [4.78, 5) is 28.1. The van der Waals surface area contributed by atoms with Gasteiger partial charge in [-0.3, -0.25) is 4.79 Å². The molecule has 2 aliphatic heterocycles. The van der Waals surface area contributed by atoms with Gasteiger partial charge in [0.05, 0.1) is 29.9 Å². The molecule has 0 aliphatic carbocycles. The predicted molar refractivity (Wildman–Crippen MR) is 128 cm³/mol. The molecule has 1 N–H and O–H groups in total. The molecule has 4 heterocycles. The third-order valence-corrected chi connectivity index (χ3v) is 7.93. The molecule has 0 bridgehead atoms. The molecule has 38 heavy (non-hydrogen) atoms. The highest BCUT2D eigenvalue weighted by Crippen LogP contribution is 2.43. The Hall–Kier alpha value is -3.65. The summed E-state index contributed by atoms with van der Waals surface area (Å²) in [6, 6.07) is 13.3. The van der Waals surface area contributed by atoms with Crippen LogP contribution in [0.4, 0.5) is 13.2 Å². The zero-order chi connectivity index (χ0) is 27.7. The van der Waals surface area contributed by atoms with Crippen LogP contribution in [0.2, 0.25) is 0 Å². The number of sulfonamides is 1. The molecule has 1 aromatic carbocycles. The van der Waals surface area contributed by atoms with Gasteiger partial charge in [0.1, 0.15) is 5.82 Å². The lowest BCUT2D eigenvalue weighted by molar-refractivity contribution is -0.192. The Bertz CT molecular complexity index is 1400. The van der Waals surface area contributed by atoms with Crippen LogP contribution in [0.3, 0.4) is 0 Å². The van der Waals surface area contributed by atoms with E-state index in [4.69, 9.17) is 19.3 Å². The van der Waals surface area contributed by atoms with Crippen molar-refractivity contribution in [3.05, 3.63) is 66.5 Å². The quantitative estimate of drug-likeness (QED) is 0.527. The van der Waals surface area contributed by atoms with E-state index < -0.39 is 27.7 Å². The molecule has 1 fully saturated rings. The second-order valence-electron chi connectivity index (χ2n) is 8.92. The zero-order valence-corrected chi connectivity index (χ0v) is 21.1. The minimum Gasteiger partial charge on any atom is -0.475 e. The fourth-order valence-electron chi connectivity index (χ4n) is 4.92. The topological polar surface area (TPSA) is 126 Å². The Morgan fingerprint density at radius 3 is 2.18 bits per heavy atom. The number of alkyl halides is 3. The molecule has 1 spiro atoms. The first-order chi connectivity index (χ1) is 17.8. The number of rotatable bonds is 3. The number of aliphatic carboxylic acids is 1. The molecule has 204 valence electrons. The third kappa shape index (κ3) is 5.31. The number of carbonyl (C=O) groups is 2. The maximum Gasteiger partial charge on any atom is 0.490 e. The molecule has 2 aromatic heterocycles. The Kier molecular flexibility index (Phi) is 7.39. The number of piperidine rings is 1. The highest BCUT2D eigenvalue weighted by molar-refractivity contribution is 7.88. The highest BCUT2D eigenvalue weighted by atomic mass is 32.2. The molecule has 1 amide bonds. The lowest BCUT2D eigenvalue weighted by atomic mass is 9.85. The molecule has 3 aromatic rings. The number of carbonyl (C=O) groups excluding carboxylic acids is 1. The van der Waals surface area contributed by atoms with Gasteiger partial charge >= 0.3 is 12.1 Å². The second kappa shape index (κ2) is 10.3. The largest absolute Gasteiger partial charge is 0.490 e. The number of nitrogens with zero attached hydrogens (tertiary/aromatic N) is 4. The van der Waals surface area contributed by atoms with Crippen LogP contribution in [0.15, 0.2) is 59.3 Å². The van der Waals surface area contributed by atoms with Gasteiger partial charge in [0, 0.05) is 26.2 Å². The number of aromatic nitrogens is 2. The molecule has 5 rings (SSSR count). The number of amides is 1. The number of furan rings is 1. The van der Waals surface area contributed by atoms with Gasteiger partial charge in [-0.2, -0.15) is 17.5 Å². The van der Waals surface area contributed by atoms with Gasteiger partial charge in [-0.1, -0.05) is 30.3 Å². The van der Waals surface area contributed by atoms with Gasteiger partial charge < -0.3 is 19.0 Å². The molecule has 0 radical (unpaired) electrons. The summed E-state index contributed by atoms with van der Waals surface area (Å²) in [6.45, 7) is 1.79. The Morgan fingerprint density at radius 1 is 1.03 bits per heavy atom. The van der Waals surface area contributed by atoms with E-state index in [2.05, 4.69) is 4.57 Å². The number of carboxylic acid groups (broad SMARTS) is 1. The molecular weight excluding hydrogens is 529 g/mol. The Labute approximate surface area is 216 Å². The Balaban J connectivity index is 0.000000426. The van der Waals surface area contributed by atoms with Crippen molar-refractivity contribution in [3.8, 4) is 11.3 Å². The van der Waals surface area contributed by atoms with E-state index in [1.807, 2.05) is 36.5 Å². The van der Waals surface area contributed by atoms with Crippen molar-refractivity contribution < 1.29 is 40.7 Å². The average Bonchev–Trinajstić information content (AvgIpc) is 3.55. The second-order valence-corrected chi connectivity index (χ2v) is 10.8. The number of hydrogen-bond donors (Lipinski definition) is 1. The molecular formula is C24H25F3N4O6S. The van der Waals surface area contributed by atoms with Gasteiger partial charge in [0.25, 0.3) is 5.91 Å². The van der Waals surface area contributed by atoms with Crippen LogP contribution >= 0.6 is 0 Å². The van der Waals surface area contributed by atoms with Crippen molar-refractivity contribution in [3.63, 3.8) is 0 Å². The summed E-state index contributed by atoms with van der Waals surface area (Å²) in [5.74, 6) is -1.87. The minimum absolute atomic E-state index is 0.171. The van der Waals surface area contributed by atoms with E-state index in [1.165, 1.54) is 12.5 Å². The number of halogens is 3. The van der Waals surface area contributed by atoms with Crippen LogP contribution in [-0.4, -0.2) is 76.2 Å². The van der Waals surface area contributed by atoms with Crippen molar-refractivity contribution in [1.82, 2.24) is 18.8 Å². The van der Waals surface area contributed by atoms with E-state index in [-0.39, 0.29) is 5.91 Å². The zero-order valence-electron chi connectivity index (χ0n) is 20.3. The minimum atomic E-state index is -5.08. The lowest BCUT2D eigenvalue weighted by Gasteiger charge is -2.49. The van der Waals surface area contributed by atoms with Gasteiger partial charge in [-0.25, -0.2) is 18.2 Å². The number of imidazole rings is 1. The number of fused-ring (bicyclic) bond motifs is 2. The monoisotopic (exact) mass is 554 g/mol. The number of likely N-dealkylation sites (tertiary alicyclic amines) is 1. The van der Waals surface area contributed by atoms with E-state index in [0.29, 0.717) is 44.8 Å². The molecule has 14 heteroatoms. The van der Waals surface area contributed by atoms with Crippen molar-refractivity contribution >= 4 is 21.9 Å². The van der Waals surface area contributed by atoms with Crippen molar-refractivity contribution in [1.29, 1.82) is 0 Å². The number of carboxylic acids is 1. The maximum atomic E-state index is 12.7. The van der Waals surface area contributed by atoms with Crippen LogP contribution in [0.1, 0.15) is 29.2 Å². The fraction of sp³-hybridized carbons (Fsp3) is 0.375. The van der Waals surface area contributed by atoms with Crippen molar-refractivity contribution in [2.75, 3.05) is 25.9 Å². The van der Waals surface area contributed by atoms with E-state index >= 15 is 0 Å². The molecule has 0 unspecified atom stereocenters.